The van der Waals surface area contributed by atoms with Gasteiger partial charge in [0.25, 0.3) is 5.69 Å². The molecule has 0 saturated heterocycles. The van der Waals surface area contributed by atoms with E-state index in [1.165, 1.54) is 18.2 Å². The number of nitrogens with zero attached hydrogens (tertiary/aromatic N) is 2. The van der Waals surface area contributed by atoms with Crippen molar-refractivity contribution in [1.29, 1.82) is 5.26 Å². The molecular weight excluding hydrogens is 242 g/mol. The Morgan fingerprint density at radius 2 is 2.32 bits per heavy atom. The summed E-state index contributed by atoms with van der Waals surface area (Å²) in [6.45, 7) is 5.48. The molecule has 1 rings (SSSR count). The molecule has 0 aliphatic carbocycles. The normalized spacial score (nSPS) is 11.1. The van der Waals surface area contributed by atoms with Crippen LogP contribution in [0.3, 0.4) is 0 Å². The van der Waals surface area contributed by atoms with Gasteiger partial charge in [-0.3, -0.25) is 10.1 Å². The molecule has 0 aliphatic heterocycles. The van der Waals surface area contributed by atoms with Gasteiger partial charge in [-0.15, -0.1) is 0 Å². The van der Waals surface area contributed by atoms with Gasteiger partial charge in [0.15, 0.2) is 0 Å². The van der Waals surface area contributed by atoms with Crippen LogP contribution in [0, 0.1) is 21.4 Å². The Hall–Kier alpha value is -2.87. The van der Waals surface area contributed by atoms with Crippen LogP contribution in [0.4, 0.5) is 11.4 Å². The Bertz CT molecular complexity index is 595. The van der Waals surface area contributed by atoms with Gasteiger partial charge in [-0.05, 0) is 31.2 Å². The minimum Gasteiger partial charge on any atom is -0.350 e. The average molecular weight is 255 g/mol. The van der Waals surface area contributed by atoms with E-state index >= 15 is 0 Å². The quantitative estimate of drug-likeness (QED) is 0.496. The molecule has 0 aromatic heterocycles. The van der Waals surface area contributed by atoms with Crippen molar-refractivity contribution in [2.75, 3.05) is 5.32 Å². The Kier molecular flexibility index (Phi) is 5.05. The van der Waals surface area contributed by atoms with Crippen LogP contribution >= 0.6 is 0 Å². The van der Waals surface area contributed by atoms with Crippen molar-refractivity contribution in [3.8, 4) is 6.07 Å². The smallest absolute Gasteiger partial charge is 0.292 e. The highest BCUT2D eigenvalue weighted by atomic mass is 16.6. The molecule has 96 valence electrons. The standard InChI is InChI=1S/C14H13N3O2/c1-3-5-6-12(4-2)16-13-9-11(10-15)7-8-14(13)17(18)19/h3-9,16H,2H2,1H3/b5-3-,12-6+. The highest BCUT2D eigenvalue weighted by Gasteiger charge is 2.14. The molecule has 0 atom stereocenters. The lowest BCUT2D eigenvalue weighted by molar-refractivity contribution is -0.383. The van der Waals surface area contributed by atoms with E-state index in [0.29, 0.717) is 11.3 Å². The van der Waals surface area contributed by atoms with Gasteiger partial charge in [0, 0.05) is 11.8 Å². The highest BCUT2D eigenvalue weighted by Crippen LogP contribution is 2.26. The van der Waals surface area contributed by atoms with E-state index in [1.54, 1.807) is 18.2 Å². The minimum absolute atomic E-state index is 0.0905. The molecule has 1 N–H and O–H groups in total. The third kappa shape index (κ3) is 3.82. The van der Waals surface area contributed by atoms with Crippen molar-refractivity contribution < 1.29 is 4.92 Å². The van der Waals surface area contributed by atoms with Crippen LogP contribution in [-0.2, 0) is 0 Å². The molecule has 1 aromatic carbocycles. The van der Waals surface area contributed by atoms with E-state index in [0.717, 1.165) is 0 Å². The molecule has 5 nitrogen and oxygen atoms in total. The number of allylic oxidation sites excluding steroid dienone is 4. The Labute approximate surface area is 111 Å². The molecule has 0 fully saturated rings. The van der Waals surface area contributed by atoms with Gasteiger partial charge in [0.2, 0.25) is 0 Å². The molecule has 0 bridgehead atoms. The summed E-state index contributed by atoms with van der Waals surface area (Å²) in [5.74, 6) is 0. The van der Waals surface area contributed by atoms with Gasteiger partial charge >= 0.3 is 0 Å². The lowest BCUT2D eigenvalue weighted by atomic mass is 10.2. The van der Waals surface area contributed by atoms with Crippen LogP contribution in [-0.4, -0.2) is 4.92 Å². The Morgan fingerprint density at radius 3 is 2.84 bits per heavy atom. The van der Waals surface area contributed by atoms with E-state index in [9.17, 15) is 10.1 Å². The second-order valence-electron chi connectivity index (χ2n) is 3.58. The predicted octanol–water partition coefficient (Wildman–Crippen LogP) is 3.52. The number of benzene rings is 1. The van der Waals surface area contributed by atoms with Crippen molar-refractivity contribution in [2.45, 2.75) is 6.92 Å². The van der Waals surface area contributed by atoms with Gasteiger partial charge in [-0.1, -0.05) is 18.7 Å². The molecule has 0 heterocycles. The zero-order valence-electron chi connectivity index (χ0n) is 10.5. The fraction of sp³-hybridized carbons (Fsp3) is 0.0714. The summed E-state index contributed by atoms with van der Waals surface area (Å²) in [7, 11) is 0. The second kappa shape index (κ2) is 6.77. The predicted molar refractivity (Wildman–Crippen MR) is 74.5 cm³/mol. The van der Waals surface area contributed by atoms with Crippen LogP contribution in [0.15, 0.2) is 54.8 Å². The van der Waals surface area contributed by atoms with E-state index in [2.05, 4.69) is 11.9 Å². The van der Waals surface area contributed by atoms with E-state index in [-0.39, 0.29) is 11.4 Å². The van der Waals surface area contributed by atoms with E-state index in [1.807, 2.05) is 19.1 Å². The molecular formula is C14H13N3O2. The first kappa shape index (κ1) is 14.2. The SMILES string of the molecule is C=C/C(=C\C=C/C)Nc1cc(C#N)ccc1[N+](=O)[O-]. The first-order valence-electron chi connectivity index (χ1n) is 5.53. The monoisotopic (exact) mass is 255 g/mol. The average Bonchev–Trinajstić information content (AvgIpc) is 2.42. The summed E-state index contributed by atoms with van der Waals surface area (Å²) in [4.78, 5) is 10.4. The van der Waals surface area contributed by atoms with Crippen molar-refractivity contribution in [3.05, 3.63) is 70.5 Å². The largest absolute Gasteiger partial charge is 0.350 e. The first-order valence-corrected chi connectivity index (χ1v) is 5.53. The number of nitriles is 1. The van der Waals surface area contributed by atoms with Gasteiger partial charge in [0.1, 0.15) is 5.69 Å². The number of rotatable bonds is 5. The maximum atomic E-state index is 10.9. The molecule has 0 amide bonds. The number of anilines is 1. The fourth-order valence-electron chi connectivity index (χ4n) is 1.38. The number of nitrogens with one attached hydrogen (secondary N) is 1. The zero-order valence-corrected chi connectivity index (χ0v) is 10.5. The number of hydrogen-bond donors (Lipinski definition) is 1. The Morgan fingerprint density at radius 1 is 1.58 bits per heavy atom. The maximum Gasteiger partial charge on any atom is 0.292 e. The summed E-state index contributed by atoms with van der Waals surface area (Å²) in [5.41, 5.74) is 1.13. The summed E-state index contributed by atoms with van der Waals surface area (Å²) < 4.78 is 0. The number of nitro groups is 1. The second-order valence-corrected chi connectivity index (χ2v) is 3.58. The van der Waals surface area contributed by atoms with Gasteiger partial charge in [-0.25, -0.2) is 0 Å². The van der Waals surface area contributed by atoms with Crippen molar-refractivity contribution in [1.82, 2.24) is 0 Å². The topological polar surface area (TPSA) is 79.0 Å². The minimum atomic E-state index is -0.500. The molecule has 0 unspecified atom stereocenters. The summed E-state index contributed by atoms with van der Waals surface area (Å²) in [6, 6.07) is 6.09. The lowest BCUT2D eigenvalue weighted by Gasteiger charge is -2.07. The van der Waals surface area contributed by atoms with Crippen LogP contribution in [0.1, 0.15) is 12.5 Å². The zero-order chi connectivity index (χ0) is 14.3. The number of nitro benzene ring substituents is 1. The van der Waals surface area contributed by atoms with Crippen molar-refractivity contribution >= 4 is 11.4 Å². The lowest BCUT2D eigenvalue weighted by Crippen LogP contribution is -2.01. The summed E-state index contributed by atoms with van der Waals surface area (Å²) in [6.07, 6.45) is 6.88. The molecule has 0 spiro atoms. The van der Waals surface area contributed by atoms with Crippen molar-refractivity contribution in [2.24, 2.45) is 0 Å². The summed E-state index contributed by atoms with van der Waals surface area (Å²) >= 11 is 0. The highest BCUT2D eigenvalue weighted by molar-refractivity contribution is 5.67. The van der Waals surface area contributed by atoms with Crippen LogP contribution in [0.2, 0.25) is 0 Å². The molecule has 1 aromatic rings. The fourth-order valence-corrected chi connectivity index (χ4v) is 1.38. The van der Waals surface area contributed by atoms with Crippen LogP contribution in [0.25, 0.3) is 0 Å². The number of hydrogen-bond acceptors (Lipinski definition) is 4. The third-order valence-corrected chi connectivity index (χ3v) is 2.29. The van der Waals surface area contributed by atoms with Crippen LogP contribution in [0.5, 0.6) is 0 Å². The molecule has 5 heteroatoms. The molecule has 0 aliphatic rings. The van der Waals surface area contributed by atoms with Gasteiger partial charge < -0.3 is 5.32 Å². The van der Waals surface area contributed by atoms with Gasteiger partial charge in [0.05, 0.1) is 16.6 Å². The Balaban J connectivity index is 3.20. The van der Waals surface area contributed by atoms with E-state index in [4.69, 9.17) is 5.26 Å². The van der Waals surface area contributed by atoms with E-state index < -0.39 is 4.92 Å². The molecule has 19 heavy (non-hydrogen) atoms. The molecule has 0 saturated carbocycles. The van der Waals surface area contributed by atoms with Crippen LogP contribution < -0.4 is 5.32 Å². The first-order chi connectivity index (χ1) is 9.12. The third-order valence-electron chi connectivity index (χ3n) is 2.29. The molecule has 0 radical (unpaired) electrons. The van der Waals surface area contributed by atoms with Crippen molar-refractivity contribution in [3.63, 3.8) is 0 Å². The summed E-state index contributed by atoms with van der Waals surface area (Å²) in [5, 5.41) is 22.6. The maximum absolute atomic E-state index is 10.9. The van der Waals surface area contributed by atoms with Gasteiger partial charge in [-0.2, -0.15) is 5.26 Å².